The maximum absolute atomic E-state index is 12.9. The second-order valence-corrected chi connectivity index (χ2v) is 8.84. The summed E-state index contributed by atoms with van der Waals surface area (Å²) in [6.07, 6.45) is -5.05. The van der Waals surface area contributed by atoms with E-state index in [0.29, 0.717) is 25.4 Å². The number of pyridine rings is 3. The molecule has 1 atom stereocenters. The van der Waals surface area contributed by atoms with Gasteiger partial charge in [-0.05, 0) is 42.8 Å². The Balaban J connectivity index is 0.000000317. The highest BCUT2D eigenvalue weighted by molar-refractivity contribution is 5.92. The molecule has 4 aromatic heterocycles. The number of hydrogen-bond donors (Lipinski definition) is 2. The van der Waals surface area contributed by atoms with Gasteiger partial charge in [0.15, 0.2) is 0 Å². The molecular formula is C26H22F6N6O6. The number of ether oxygens (including phenoxy) is 1. The molecule has 1 aliphatic heterocycles. The minimum absolute atomic E-state index is 0.0940. The average molecular weight is 628 g/mol. The van der Waals surface area contributed by atoms with Crippen LogP contribution < -0.4 is 0 Å². The third kappa shape index (κ3) is 8.93. The predicted octanol–water partition coefficient (Wildman–Crippen LogP) is 3.98. The Morgan fingerprint density at radius 3 is 2.09 bits per heavy atom. The van der Waals surface area contributed by atoms with E-state index in [2.05, 4.69) is 20.3 Å². The van der Waals surface area contributed by atoms with E-state index in [1.807, 2.05) is 49.5 Å². The molecular weight excluding hydrogens is 606 g/mol. The summed E-state index contributed by atoms with van der Waals surface area (Å²) in [7, 11) is 0. The Bertz CT molecular complexity index is 1590. The molecule has 0 bridgehead atoms. The summed E-state index contributed by atoms with van der Waals surface area (Å²) in [4.78, 5) is 40.9. The van der Waals surface area contributed by atoms with Gasteiger partial charge in [0, 0.05) is 36.4 Å². The first kappa shape index (κ1) is 33.4. The predicted molar refractivity (Wildman–Crippen MR) is 137 cm³/mol. The molecule has 234 valence electrons. The van der Waals surface area contributed by atoms with E-state index in [-0.39, 0.29) is 12.0 Å². The van der Waals surface area contributed by atoms with Crippen molar-refractivity contribution >= 4 is 23.4 Å². The van der Waals surface area contributed by atoms with Crippen LogP contribution in [0.2, 0.25) is 0 Å². The van der Waals surface area contributed by atoms with Crippen molar-refractivity contribution in [2.24, 2.45) is 0 Å². The number of aliphatic carboxylic acids is 2. The SMILES string of the molecule is Cc1cccc(C(=O)N2CCOC(c3nnn4cc(-c5ccncc5)ccc34)C2)n1.O=C(O)C(F)(F)F.O=C(O)C(F)(F)F. The van der Waals surface area contributed by atoms with Crippen molar-refractivity contribution in [3.8, 4) is 11.1 Å². The molecule has 5 rings (SSSR count). The topological polar surface area (TPSA) is 160 Å². The summed E-state index contributed by atoms with van der Waals surface area (Å²) in [6.45, 7) is 3.25. The minimum atomic E-state index is -5.08. The third-order valence-electron chi connectivity index (χ3n) is 5.70. The fourth-order valence-corrected chi connectivity index (χ4v) is 3.68. The zero-order valence-corrected chi connectivity index (χ0v) is 22.5. The van der Waals surface area contributed by atoms with Crippen LogP contribution in [-0.2, 0) is 14.3 Å². The Hall–Kier alpha value is -5.13. The van der Waals surface area contributed by atoms with E-state index in [0.717, 1.165) is 28.0 Å². The van der Waals surface area contributed by atoms with E-state index in [9.17, 15) is 31.1 Å². The van der Waals surface area contributed by atoms with Gasteiger partial charge in [-0.1, -0.05) is 17.3 Å². The Morgan fingerprint density at radius 1 is 0.909 bits per heavy atom. The van der Waals surface area contributed by atoms with Gasteiger partial charge in [-0.15, -0.1) is 5.10 Å². The molecule has 1 amide bonds. The van der Waals surface area contributed by atoms with Crippen LogP contribution in [0, 0.1) is 6.92 Å². The molecule has 1 fully saturated rings. The number of rotatable bonds is 3. The Labute approximate surface area is 243 Å². The van der Waals surface area contributed by atoms with E-state index >= 15 is 0 Å². The molecule has 12 nitrogen and oxygen atoms in total. The highest BCUT2D eigenvalue weighted by Crippen LogP contribution is 2.27. The number of carbonyl (C=O) groups is 3. The van der Waals surface area contributed by atoms with Crippen LogP contribution >= 0.6 is 0 Å². The lowest BCUT2D eigenvalue weighted by atomic mass is 10.1. The van der Waals surface area contributed by atoms with Gasteiger partial charge >= 0.3 is 24.3 Å². The molecule has 0 aromatic carbocycles. The Morgan fingerprint density at radius 2 is 1.52 bits per heavy atom. The minimum Gasteiger partial charge on any atom is -0.475 e. The molecule has 0 radical (unpaired) electrons. The van der Waals surface area contributed by atoms with Crippen LogP contribution in [0.25, 0.3) is 16.6 Å². The van der Waals surface area contributed by atoms with Gasteiger partial charge in [-0.25, -0.2) is 19.1 Å². The molecule has 4 aromatic rings. The van der Waals surface area contributed by atoms with Crippen molar-refractivity contribution in [3.63, 3.8) is 0 Å². The smallest absolute Gasteiger partial charge is 0.475 e. The maximum Gasteiger partial charge on any atom is 0.490 e. The quantitative estimate of drug-likeness (QED) is 0.318. The molecule has 1 unspecified atom stereocenters. The number of carbonyl (C=O) groups excluding carboxylic acids is 1. The summed E-state index contributed by atoms with van der Waals surface area (Å²) in [5.74, 6) is -5.61. The maximum atomic E-state index is 12.9. The largest absolute Gasteiger partial charge is 0.490 e. The first-order chi connectivity index (χ1) is 20.6. The summed E-state index contributed by atoms with van der Waals surface area (Å²) in [6, 6.07) is 13.4. The number of nitrogens with zero attached hydrogens (tertiary/aromatic N) is 6. The zero-order chi connectivity index (χ0) is 32.7. The van der Waals surface area contributed by atoms with E-state index in [4.69, 9.17) is 24.5 Å². The molecule has 1 aliphatic rings. The lowest BCUT2D eigenvalue weighted by Gasteiger charge is -2.32. The number of morpholine rings is 1. The summed E-state index contributed by atoms with van der Waals surface area (Å²) in [5.41, 5.74) is 4.94. The number of amides is 1. The first-order valence-corrected chi connectivity index (χ1v) is 12.3. The number of carboxylic acid groups (broad SMARTS) is 2. The highest BCUT2D eigenvalue weighted by Gasteiger charge is 2.39. The van der Waals surface area contributed by atoms with Gasteiger partial charge in [0.05, 0.1) is 18.7 Å². The molecule has 0 aliphatic carbocycles. The fraction of sp³-hybridized carbons (Fsp3) is 0.269. The standard InChI is InChI=1S/C22H20N6O2.2C2HF3O2/c1-15-3-2-4-18(24-15)22(29)27-11-12-30-20(14-27)21-19-6-5-17(13-28(19)26-25-21)16-7-9-23-10-8-16;2*3-2(4,5)1(6)7/h2-10,13,20H,11-12,14H2,1H3;2*(H,6,7). The highest BCUT2D eigenvalue weighted by atomic mass is 19.4. The second kappa shape index (κ2) is 13.9. The number of alkyl halides is 6. The molecule has 44 heavy (non-hydrogen) atoms. The lowest BCUT2D eigenvalue weighted by molar-refractivity contribution is -0.193. The molecule has 1 saturated heterocycles. The van der Waals surface area contributed by atoms with Crippen molar-refractivity contribution in [1.29, 1.82) is 0 Å². The van der Waals surface area contributed by atoms with Crippen LogP contribution in [0.5, 0.6) is 0 Å². The molecule has 0 spiro atoms. The van der Waals surface area contributed by atoms with Crippen LogP contribution in [0.3, 0.4) is 0 Å². The van der Waals surface area contributed by atoms with Gasteiger partial charge in [-0.2, -0.15) is 26.3 Å². The molecule has 5 heterocycles. The zero-order valence-electron chi connectivity index (χ0n) is 22.5. The lowest BCUT2D eigenvalue weighted by Crippen LogP contribution is -2.42. The fourth-order valence-electron chi connectivity index (χ4n) is 3.68. The van der Waals surface area contributed by atoms with Crippen molar-refractivity contribution in [1.82, 2.24) is 29.7 Å². The van der Waals surface area contributed by atoms with Crippen LogP contribution in [0.1, 0.15) is 28.0 Å². The number of hydrogen-bond acceptors (Lipinski definition) is 8. The number of aryl methyl sites for hydroxylation is 1. The monoisotopic (exact) mass is 628 g/mol. The molecule has 18 heteroatoms. The number of fused-ring (bicyclic) bond motifs is 1. The third-order valence-corrected chi connectivity index (χ3v) is 5.70. The average Bonchev–Trinajstić information content (AvgIpc) is 3.40. The van der Waals surface area contributed by atoms with Crippen molar-refractivity contribution in [3.05, 3.63) is 78.1 Å². The normalized spacial score (nSPS) is 15.0. The first-order valence-electron chi connectivity index (χ1n) is 12.3. The molecule has 0 saturated carbocycles. The van der Waals surface area contributed by atoms with E-state index in [1.165, 1.54) is 0 Å². The van der Waals surface area contributed by atoms with Gasteiger partial charge < -0.3 is 19.8 Å². The van der Waals surface area contributed by atoms with Crippen LogP contribution in [-0.4, -0.2) is 89.8 Å². The van der Waals surface area contributed by atoms with E-state index < -0.39 is 24.3 Å². The van der Waals surface area contributed by atoms with Gasteiger partial charge in [0.25, 0.3) is 5.91 Å². The van der Waals surface area contributed by atoms with Gasteiger partial charge in [0.2, 0.25) is 0 Å². The van der Waals surface area contributed by atoms with Gasteiger partial charge in [-0.3, -0.25) is 9.78 Å². The van der Waals surface area contributed by atoms with Crippen molar-refractivity contribution in [2.45, 2.75) is 25.4 Å². The summed E-state index contributed by atoms with van der Waals surface area (Å²) in [5, 5.41) is 22.9. The number of carboxylic acids is 2. The molecule has 2 N–H and O–H groups in total. The van der Waals surface area contributed by atoms with Gasteiger partial charge in [0.1, 0.15) is 17.5 Å². The van der Waals surface area contributed by atoms with Crippen molar-refractivity contribution in [2.75, 3.05) is 19.7 Å². The van der Waals surface area contributed by atoms with Crippen molar-refractivity contribution < 1.29 is 55.7 Å². The van der Waals surface area contributed by atoms with Crippen LogP contribution in [0.4, 0.5) is 26.3 Å². The number of halogens is 6. The Kier molecular flexibility index (Phi) is 10.5. The number of aromatic nitrogens is 5. The van der Waals surface area contributed by atoms with Crippen LogP contribution in [0.15, 0.2) is 61.1 Å². The second-order valence-electron chi connectivity index (χ2n) is 8.84. The van der Waals surface area contributed by atoms with E-state index in [1.54, 1.807) is 27.9 Å². The summed E-state index contributed by atoms with van der Waals surface area (Å²) >= 11 is 0. The summed E-state index contributed by atoms with van der Waals surface area (Å²) < 4.78 is 71.2.